The Morgan fingerprint density at radius 2 is 1.68 bits per heavy atom. The first kappa shape index (κ1) is 13.4. The Morgan fingerprint density at radius 3 is 2.42 bits per heavy atom. The molecular weight excluding hydrogens is 256 g/mol. The standard InChI is InChI=1S/C16H14N2.ClH/c1-11-7-8-15-13(9-11)10-14(16(17)18-15)12-5-3-2-4-6-12;/h2-10H,1H3,(H2,17,18);1H. The first-order valence-corrected chi connectivity index (χ1v) is 5.96. The molecule has 3 aromatic rings. The molecule has 0 unspecified atom stereocenters. The molecule has 0 bridgehead atoms. The summed E-state index contributed by atoms with van der Waals surface area (Å²) in [6.45, 7) is 2.08. The molecule has 3 heteroatoms. The van der Waals surface area contributed by atoms with Crippen LogP contribution < -0.4 is 5.73 Å². The van der Waals surface area contributed by atoms with Gasteiger partial charge in [0.05, 0.1) is 5.52 Å². The van der Waals surface area contributed by atoms with E-state index in [2.05, 4.69) is 42.2 Å². The number of nitrogens with zero attached hydrogens (tertiary/aromatic N) is 1. The van der Waals surface area contributed by atoms with E-state index < -0.39 is 0 Å². The van der Waals surface area contributed by atoms with Crippen LogP contribution in [0.15, 0.2) is 54.6 Å². The van der Waals surface area contributed by atoms with Gasteiger partial charge in [0, 0.05) is 10.9 Å². The van der Waals surface area contributed by atoms with Gasteiger partial charge in [-0.1, -0.05) is 42.0 Å². The molecule has 2 aromatic carbocycles. The number of aryl methyl sites for hydroxylation is 1. The van der Waals surface area contributed by atoms with Crippen molar-refractivity contribution >= 4 is 29.1 Å². The maximum atomic E-state index is 6.05. The molecule has 0 spiro atoms. The van der Waals surface area contributed by atoms with E-state index in [-0.39, 0.29) is 12.4 Å². The molecule has 0 atom stereocenters. The van der Waals surface area contributed by atoms with Gasteiger partial charge >= 0.3 is 0 Å². The van der Waals surface area contributed by atoms with Crippen LogP contribution in [0.5, 0.6) is 0 Å². The van der Waals surface area contributed by atoms with E-state index in [4.69, 9.17) is 5.73 Å². The van der Waals surface area contributed by atoms with Crippen molar-refractivity contribution in [3.8, 4) is 11.1 Å². The summed E-state index contributed by atoms with van der Waals surface area (Å²) < 4.78 is 0. The summed E-state index contributed by atoms with van der Waals surface area (Å²) in [5.74, 6) is 0.581. The normalized spacial score (nSPS) is 10.2. The molecule has 0 aliphatic carbocycles. The Balaban J connectivity index is 0.00000133. The molecule has 0 aliphatic heterocycles. The first-order valence-electron chi connectivity index (χ1n) is 5.96. The Morgan fingerprint density at radius 1 is 0.947 bits per heavy atom. The topological polar surface area (TPSA) is 38.9 Å². The highest BCUT2D eigenvalue weighted by Gasteiger charge is 2.06. The Hall–Kier alpha value is -2.06. The fourth-order valence-electron chi connectivity index (χ4n) is 2.16. The molecular formula is C16H15ClN2. The van der Waals surface area contributed by atoms with E-state index in [1.807, 2.05) is 24.3 Å². The molecule has 2 N–H and O–H groups in total. The van der Waals surface area contributed by atoms with E-state index in [1.54, 1.807) is 0 Å². The van der Waals surface area contributed by atoms with E-state index in [0.29, 0.717) is 5.82 Å². The van der Waals surface area contributed by atoms with Crippen molar-refractivity contribution in [1.29, 1.82) is 0 Å². The highest BCUT2D eigenvalue weighted by molar-refractivity contribution is 5.89. The minimum atomic E-state index is 0. The molecule has 1 aromatic heterocycles. The lowest BCUT2D eigenvalue weighted by molar-refractivity contribution is 1.39. The molecule has 0 radical (unpaired) electrons. The van der Waals surface area contributed by atoms with Gasteiger partial charge in [0.2, 0.25) is 0 Å². The maximum Gasteiger partial charge on any atom is 0.131 e. The Bertz CT molecular complexity index is 709. The largest absolute Gasteiger partial charge is 0.383 e. The highest BCUT2D eigenvalue weighted by Crippen LogP contribution is 2.28. The van der Waals surface area contributed by atoms with Crippen molar-refractivity contribution in [3.05, 3.63) is 60.2 Å². The average Bonchev–Trinajstić information content (AvgIpc) is 2.39. The smallest absolute Gasteiger partial charge is 0.131 e. The van der Waals surface area contributed by atoms with Crippen LogP contribution in [0.2, 0.25) is 0 Å². The number of anilines is 1. The fraction of sp³-hybridized carbons (Fsp3) is 0.0625. The zero-order valence-electron chi connectivity index (χ0n) is 10.6. The van der Waals surface area contributed by atoms with Crippen LogP contribution in [-0.2, 0) is 0 Å². The van der Waals surface area contributed by atoms with E-state index in [1.165, 1.54) is 5.56 Å². The second-order valence-corrected chi connectivity index (χ2v) is 4.48. The number of rotatable bonds is 1. The highest BCUT2D eigenvalue weighted by atomic mass is 35.5. The molecule has 96 valence electrons. The predicted molar refractivity (Wildman–Crippen MR) is 83.6 cm³/mol. The van der Waals surface area contributed by atoms with E-state index in [0.717, 1.165) is 22.0 Å². The molecule has 0 amide bonds. The van der Waals surface area contributed by atoms with Gasteiger partial charge < -0.3 is 5.73 Å². The SMILES string of the molecule is Cc1ccc2nc(N)c(-c3ccccc3)cc2c1.Cl. The van der Waals surface area contributed by atoms with Gasteiger partial charge in [0.1, 0.15) is 5.82 Å². The van der Waals surface area contributed by atoms with Gasteiger partial charge in [-0.2, -0.15) is 0 Å². The number of hydrogen-bond acceptors (Lipinski definition) is 2. The summed E-state index contributed by atoms with van der Waals surface area (Å²) in [5, 5.41) is 1.13. The third-order valence-corrected chi connectivity index (χ3v) is 3.08. The van der Waals surface area contributed by atoms with Crippen LogP contribution in [0.1, 0.15) is 5.56 Å². The van der Waals surface area contributed by atoms with Gasteiger partial charge in [-0.3, -0.25) is 0 Å². The third kappa shape index (κ3) is 2.54. The average molecular weight is 271 g/mol. The third-order valence-electron chi connectivity index (χ3n) is 3.08. The van der Waals surface area contributed by atoms with E-state index >= 15 is 0 Å². The molecule has 3 rings (SSSR count). The van der Waals surface area contributed by atoms with Crippen LogP contribution in [0.4, 0.5) is 5.82 Å². The molecule has 2 nitrogen and oxygen atoms in total. The van der Waals surface area contributed by atoms with Crippen LogP contribution >= 0.6 is 12.4 Å². The summed E-state index contributed by atoms with van der Waals surface area (Å²) in [4.78, 5) is 4.47. The van der Waals surface area contributed by atoms with Crippen LogP contribution in [-0.4, -0.2) is 4.98 Å². The van der Waals surface area contributed by atoms with E-state index in [9.17, 15) is 0 Å². The van der Waals surface area contributed by atoms with Gasteiger partial charge in [0.15, 0.2) is 0 Å². The van der Waals surface area contributed by atoms with Gasteiger partial charge in [-0.15, -0.1) is 12.4 Å². The number of pyridine rings is 1. The van der Waals surface area contributed by atoms with Gasteiger partial charge in [-0.25, -0.2) is 4.98 Å². The number of benzene rings is 2. The number of hydrogen-bond donors (Lipinski definition) is 1. The number of fused-ring (bicyclic) bond motifs is 1. The number of nitrogen functional groups attached to an aromatic ring is 1. The van der Waals surface area contributed by atoms with Crippen LogP contribution in [0.3, 0.4) is 0 Å². The minimum absolute atomic E-state index is 0. The van der Waals surface area contributed by atoms with Crippen molar-refractivity contribution in [2.75, 3.05) is 5.73 Å². The summed E-state index contributed by atoms with van der Waals surface area (Å²) in [6, 6.07) is 18.4. The van der Waals surface area contributed by atoms with Crippen molar-refractivity contribution in [2.45, 2.75) is 6.92 Å². The zero-order valence-corrected chi connectivity index (χ0v) is 11.4. The van der Waals surface area contributed by atoms with Crippen LogP contribution in [0.25, 0.3) is 22.0 Å². The van der Waals surface area contributed by atoms with Gasteiger partial charge in [0.25, 0.3) is 0 Å². The summed E-state index contributed by atoms with van der Waals surface area (Å²) in [7, 11) is 0. The monoisotopic (exact) mass is 270 g/mol. The lowest BCUT2D eigenvalue weighted by Crippen LogP contribution is -1.95. The second kappa shape index (κ2) is 5.29. The molecule has 0 saturated heterocycles. The Labute approximate surface area is 118 Å². The summed E-state index contributed by atoms with van der Waals surface area (Å²) in [5.41, 5.74) is 10.3. The zero-order chi connectivity index (χ0) is 12.5. The summed E-state index contributed by atoms with van der Waals surface area (Å²) in [6.07, 6.45) is 0. The van der Waals surface area contributed by atoms with Gasteiger partial charge in [-0.05, 0) is 30.7 Å². The minimum Gasteiger partial charge on any atom is -0.383 e. The quantitative estimate of drug-likeness (QED) is 0.719. The van der Waals surface area contributed by atoms with Crippen molar-refractivity contribution in [1.82, 2.24) is 4.98 Å². The van der Waals surface area contributed by atoms with Crippen molar-refractivity contribution in [2.24, 2.45) is 0 Å². The molecule has 0 fully saturated rings. The second-order valence-electron chi connectivity index (χ2n) is 4.48. The van der Waals surface area contributed by atoms with Crippen LogP contribution in [0, 0.1) is 6.92 Å². The fourth-order valence-corrected chi connectivity index (χ4v) is 2.16. The Kier molecular flexibility index (Phi) is 3.72. The lowest BCUT2D eigenvalue weighted by atomic mass is 10.0. The van der Waals surface area contributed by atoms with Crippen molar-refractivity contribution in [3.63, 3.8) is 0 Å². The molecule has 0 aliphatic rings. The lowest BCUT2D eigenvalue weighted by Gasteiger charge is -2.07. The number of halogens is 1. The maximum absolute atomic E-state index is 6.05. The predicted octanol–water partition coefficient (Wildman–Crippen LogP) is 4.21. The first-order chi connectivity index (χ1) is 8.74. The number of nitrogens with two attached hydrogens (primary N) is 1. The molecule has 1 heterocycles. The summed E-state index contributed by atoms with van der Waals surface area (Å²) >= 11 is 0. The molecule has 19 heavy (non-hydrogen) atoms. The van der Waals surface area contributed by atoms with Crippen molar-refractivity contribution < 1.29 is 0 Å². The molecule has 0 saturated carbocycles. The number of aromatic nitrogens is 1.